The summed E-state index contributed by atoms with van der Waals surface area (Å²) >= 11 is 5.65. The lowest BCUT2D eigenvalue weighted by molar-refractivity contribution is -0.144. The molecule has 1 aromatic heterocycles. The summed E-state index contributed by atoms with van der Waals surface area (Å²) in [5, 5.41) is 8.52. The summed E-state index contributed by atoms with van der Waals surface area (Å²) < 4.78 is 43.7. The lowest BCUT2D eigenvalue weighted by atomic mass is 10.1. The van der Waals surface area contributed by atoms with Gasteiger partial charge in [-0.2, -0.15) is 13.2 Å². The average molecular weight is 346 g/mol. The van der Waals surface area contributed by atoms with Gasteiger partial charge in [0.15, 0.2) is 6.10 Å². The number of pyridine rings is 1. The van der Waals surface area contributed by atoms with E-state index in [0.717, 1.165) is 12.1 Å². The summed E-state index contributed by atoms with van der Waals surface area (Å²) in [6.45, 7) is 1.34. The molecule has 122 valence electrons. The second-order valence-electron chi connectivity index (χ2n) is 4.69. The van der Waals surface area contributed by atoms with Crippen LogP contribution in [-0.4, -0.2) is 22.2 Å². The van der Waals surface area contributed by atoms with E-state index >= 15 is 0 Å². The maximum absolute atomic E-state index is 12.8. The monoisotopic (exact) mass is 345 g/mol. The molecule has 8 heteroatoms. The molecule has 1 aromatic carbocycles. The number of alkyl halides is 3. The predicted molar refractivity (Wildman–Crippen MR) is 77.4 cm³/mol. The average Bonchev–Trinajstić information content (AvgIpc) is 2.46. The van der Waals surface area contributed by atoms with Gasteiger partial charge < -0.3 is 9.84 Å². The fraction of sp³-hybridized carbons (Fsp3) is 0.200. The number of halogens is 4. The van der Waals surface area contributed by atoms with E-state index in [9.17, 15) is 18.0 Å². The van der Waals surface area contributed by atoms with Gasteiger partial charge in [0.05, 0.1) is 11.3 Å². The number of ether oxygens (including phenoxy) is 1. The topological polar surface area (TPSA) is 59.4 Å². The van der Waals surface area contributed by atoms with E-state index in [1.807, 2.05) is 0 Å². The molecule has 0 aliphatic rings. The van der Waals surface area contributed by atoms with Crippen LogP contribution in [-0.2, 0) is 11.0 Å². The molecule has 0 saturated carbocycles. The second kappa shape index (κ2) is 6.45. The van der Waals surface area contributed by atoms with E-state index in [1.165, 1.54) is 31.2 Å². The molecule has 0 spiro atoms. The number of aromatic nitrogens is 1. The molecule has 0 unspecified atom stereocenters. The van der Waals surface area contributed by atoms with E-state index in [4.69, 9.17) is 21.4 Å². The summed E-state index contributed by atoms with van der Waals surface area (Å²) in [6, 6.07) is 7.55. The zero-order valence-corrected chi connectivity index (χ0v) is 12.5. The standard InChI is InChI=1S/C15H11ClF3NO3/c1-8(14(21)22)23-11-4-2-3-9(5-11)12-6-10(15(17,18)19)7-13(16)20-12/h2-8H,1H3,(H,21,22)/t8-/m0/s1. The van der Waals surface area contributed by atoms with Crippen molar-refractivity contribution in [3.05, 3.63) is 47.1 Å². The Balaban J connectivity index is 2.39. The Morgan fingerprint density at radius 2 is 2.00 bits per heavy atom. The Morgan fingerprint density at radius 1 is 1.30 bits per heavy atom. The van der Waals surface area contributed by atoms with Gasteiger partial charge in [-0.1, -0.05) is 23.7 Å². The lowest BCUT2D eigenvalue weighted by Gasteiger charge is -2.12. The van der Waals surface area contributed by atoms with Crippen LogP contribution in [0.15, 0.2) is 36.4 Å². The van der Waals surface area contributed by atoms with Crippen molar-refractivity contribution in [2.45, 2.75) is 19.2 Å². The van der Waals surface area contributed by atoms with Crippen molar-refractivity contribution in [1.29, 1.82) is 0 Å². The van der Waals surface area contributed by atoms with Crippen molar-refractivity contribution in [1.82, 2.24) is 4.98 Å². The quantitative estimate of drug-likeness (QED) is 0.841. The van der Waals surface area contributed by atoms with Crippen molar-refractivity contribution in [2.24, 2.45) is 0 Å². The number of aliphatic carboxylic acids is 1. The first kappa shape index (κ1) is 17.1. The van der Waals surface area contributed by atoms with Gasteiger partial charge in [0.2, 0.25) is 0 Å². The Morgan fingerprint density at radius 3 is 2.61 bits per heavy atom. The van der Waals surface area contributed by atoms with Crippen LogP contribution < -0.4 is 4.74 Å². The number of carbonyl (C=O) groups is 1. The summed E-state index contributed by atoms with van der Waals surface area (Å²) in [4.78, 5) is 14.6. The SMILES string of the molecule is C[C@H](Oc1cccc(-c2cc(C(F)(F)F)cc(Cl)n2)c1)C(=O)O. The van der Waals surface area contributed by atoms with Crippen LogP contribution >= 0.6 is 11.6 Å². The van der Waals surface area contributed by atoms with Gasteiger partial charge in [0.25, 0.3) is 0 Å². The number of hydrogen-bond acceptors (Lipinski definition) is 3. The van der Waals surface area contributed by atoms with Crippen LogP contribution in [0.25, 0.3) is 11.3 Å². The molecule has 1 N–H and O–H groups in total. The number of rotatable bonds is 4. The minimum atomic E-state index is -4.55. The third-order valence-electron chi connectivity index (χ3n) is 2.91. The fourth-order valence-corrected chi connectivity index (χ4v) is 2.00. The minimum absolute atomic E-state index is 0.0123. The summed E-state index contributed by atoms with van der Waals surface area (Å²) in [6.07, 6.45) is -5.64. The van der Waals surface area contributed by atoms with Crippen LogP contribution in [0.1, 0.15) is 12.5 Å². The maximum atomic E-state index is 12.8. The van der Waals surface area contributed by atoms with E-state index in [2.05, 4.69) is 4.98 Å². The highest BCUT2D eigenvalue weighted by Gasteiger charge is 2.31. The molecule has 0 aliphatic carbocycles. The third kappa shape index (κ3) is 4.35. The first-order valence-electron chi connectivity index (χ1n) is 6.41. The Kier molecular flexibility index (Phi) is 4.79. The van der Waals surface area contributed by atoms with Crippen LogP contribution in [0.4, 0.5) is 13.2 Å². The third-order valence-corrected chi connectivity index (χ3v) is 3.11. The molecular formula is C15H11ClF3NO3. The van der Waals surface area contributed by atoms with Gasteiger partial charge in [-0.05, 0) is 31.2 Å². The largest absolute Gasteiger partial charge is 0.479 e. The minimum Gasteiger partial charge on any atom is -0.479 e. The van der Waals surface area contributed by atoms with Gasteiger partial charge in [0, 0.05) is 5.56 Å². The van der Waals surface area contributed by atoms with Gasteiger partial charge >= 0.3 is 12.1 Å². The van der Waals surface area contributed by atoms with E-state index in [-0.39, 0.29) is 16.6 Å². The number of hydrogen-bond donors (Lipinski definition) is 1. The zero-order chi connectivity index (χ0) is 17.2. The van der Waals surface area contributed by atoms with Crippen molar-refractivity contribution in [3.8, 4) is 17.0 Å². The van der Waals surface area contributed by atoms with E-state index < -0.39 is 23.8 Å². The summed E-state index contributed by atoms with van der Waals surface area (Å²) in [5.41, 5.74) is -0.580. The molecule has 2 rings (SSSR count). The fourth-order valence-electron chi connectivity index (χ4n) is 1.79. The van der Waals surface area contributed by atoms with E-state index in [1.54, 1.807) is 0 Å². The second-order valence-corrected chi connectivity index (χ2v) is 5.07. The Labute approximate surface area is 134 Å². The molecule has 0 fully saturated rings. The normalized spacial score (nSPS) is 12.7. The van der Waals surface area contributed by atoms with Crippen molar-refractivity contribution in [3.63, 3.8) is 0 Å². The molecule has 0 amide bonds. The Bertz CT molecular complexity index is 734. The number of benzene rings is 1. The van der Waals surface area contributed by atoms with Gasteiger partial charge in [-0.3, -0.25) is 0 Å². The molecule has 1 atom stereocenters. The molecule has 23 heavy (non-hydrogen) atoms. The first-order chi connectivity index (χ1) is 10.7. The molecule has 4 nitrogen and oxygen atoms in total. The molecule has 0 saturated heterocycles. The highest BCUT2D eigenvalue weighted by Crippen LogP contribution is 2.33. The molecule has 2 aromatic rings. The van der Waals surface area contributed by atoms with Gasteiger partial charge in [-0.15, -0.1) is 0 Å². The summed E-state index contributed by atoms with van der Waals surface area (Å²) in [5.74, 6) is -0.955. The highest BCUT2D eigenvalue weighted by molar-refractivity contribution is 6.29. The maximum Gasteiger partial charge on any atom is 0.416 e. The summed E-state index contributed by atoms with van der Waals surface area (Å²) in [7, 11) is 0. The molecule has 1 heterocycles. The Hall–Kier alpha value is -2.28. The predicted octanol–water partition coefficient (Wildman–Crippen LogP) is 4.27. The number of carboxylic acids is 1. The van der Waals surface area contributed by atoms with Crippen LogP contribution in [0.2, 0.25) is 5.15 Å². The number of nitrogens with zero attached hydrogens (tertiary/aromatic N) is 1. The van der Waals surface area contributed by atoms with Crippen LogP contribution in [0, 0.1) is 0 Å². The molecular weight excluding hydrogens is 335 g/mol. The first-order valence-corrected chi connectivity index (χ1v) is 6.79. The molecule has 0 radical (unpaired) electrons. The lowest BCUT2D eigenvalue weighted by Crippen LogP contribution is -2.22. The van der Waals surface area contributed by atoms with Crippen LogP contribution in [0.5, 0.6) is 5.75 Å². The smallest absolute Gasteiger partial charge is 0.416 e. The highest BCUT2D eigenvalue weighted by atomic mass is 35.5. The number of carboxylic acid groups (broad SMARTS) is 1. The molecule has 0 bridgehead atoms. The van der Waals surface area contributed by atoms with Crippen LogP contribution in [0.3, 0.4) is 0 Å². The van der Waals surface area contributed by atoms with Gasteiger partial charge in [0.1, 0.15) is 10.9 Å². The zero-order valence-electron chi connectivity index (χ0n) is 11.8. The molecule has 0 aliphatic heterocycles. The van der Waals surface area contributed by atoms with E-state index in [0.29, 0.717) is 5.56 Å². The van der Waals surface area contributed by atoms with Crippen molar-refractivity contribution < 1.29 is 27.8 Å². The van der Waals surface area contributed by atoms with Gasteiger partial charge in [-0.25, -0.2) is 9.78 Å². The van der Waals surface area contributed by atoms with Crippen molar-refractivity contribution >= 4 is 17.6 Å². The van der Waals surface area contributed by atoms with Crippen molar-refractivity contribution in [2.75, 3.05) is 0 Å².